The lowest BCUT2D eigenvalue weighted by Crippen LogP contribution is -2.33. The maximum atomic E-state index is 14.5. The zero-order valence-electron chi connectivity index (χ0n) is 20.1. The number of benzene rings is 1. The van der Waals surface area contributed by atoms with Crippen LogP contribution in [0.3, 0.4) is 0 Å². The van der Waals surface area contributed by atoms with E-state index in [1.165, 1.54) is 6.92 Å². The van der Waals surface area contributed by atoms with Crippen LogP contribution in [0.5, 0.6) is 5.75 Å². The third kappa shape index (κ3) is 5.66. The number of anilines is 6. The van der Waals surface area contributed by atoms with Gasteiger partial charge in [0, 0.05) is 11.4 Å². The van der Waals surface area contributed by atoms with Crippen molar-refractivity contribution in [1.29, 1.82) is 0 Å². The number of aliphatic hydroxyl groups is 1. The number of hydrogen-bond donors (Lipinski definition) is 5. The van der Waals surface area contributed by atoms with Crippen LogP contribution in [0.2, 0.25) is 0 Å². The largest absolute Gasteiger partial charge is 0.489 e. The SMILES string of the molecule is Cc1cc(NC(=O)[C@H](C)O)cc(Nc2ncc(F)c(Nc3ccc4c(n3)NC(=O)C(C)(C)CO4)n2)c1. The van der Waals surface area contributed by atoms with E-state index in [9.17, 15) is 19.1 Å². The van der Waals surface area contributed by atoms with E-state index in [4.69, 9.17) is 4.74 Å². The molecule has 36 heavy (non-hydrogen) atoms. The van der Waals surface area contributed by atoms with Gasteiger partial charge in [-0.05, 0) is 63.6 Å². The lowest BCUT2D eigenvalue weighted by Gasteiger charge is -2.18. The fourth-order valence-electron chi connectivity index (χ4n) is 3.26. The molecule has 12 heteroatoms. The molecule has 3 heterocycles. The first-order valence-corrected chi connectivity index (χ1v) is 11.1. The number of pyridine rings is 1. The van der Waals surface area contributed by atoms with Crippen LogP contribution in [0, 0.1) is 18.2 Å². The second-order valence-electron chi connectivity index (χ2n) is 9.06. The second kappa shape index (κ2) is 9.74. The quantitative estimate of drug-likeness (QED) is 0.346. The lowest BCUT2D eigenvalue weighted by molar-refractivity contribution is -0.125. The number of aromatic nitrogens is 3. The molecule has 0 radical (unpaired) electrons. The van der Waals surface area contributed by atoms with Gasteiger partial charge in [0.2, 0.25) is 11.9 Å². The van der Waals surface area contributed by atoms with Crippen LogP contribution in [0.4, 0.5) is 39.2 Å². The summed E-state index contributed by atoms with van der Waals surface area (Å²) in [4.78, 5) is 36.7. The average molecular weight is 496 g/mol. The van der Waals surface area contributed by atoms with Crippen molar-refractivity contribution in [2.24, 2.45) is 5.41 Å². The highest BCUT2D eigenvalue weighted by atomic mass is 19.1. The molecule has 0 aliphatic carbocycles. The van der Waals surface area contributed by atoms with Crippen molar-refractivity contribution in [3.05, 3.63) is 47.9 Å². The van der Waals surface area contributed by atoms with E-state index in [1.54, 1.807) is 44.2 Å². The summed E-state index contributed by atoms with van der Waals surface area (Å²) in [5, 5.41) is 20.5. The first-order valence-electron chi connectivity index (χ1n) is 11.1. The minimum absolute atomic E-state index is 0.0884. The fourth-order valence-corrected chi connectivity index (χ4v) is 3.26. The minimum atomic E-state index is -1.16. The Balaban J connectivity index is 1.54. The molecule has 0 saturated heterocycles. The van der Waals surface area contributed by atoms with Gasteiger partial charge in [0.05, 0.1) is 11.6 Å². The summed E-state index contributed by atoms with van der Waals surface area (Å²) in [6, 6.07) is 8.36. The number of fused-ring (bicyclic) bond motifs is 1. The molecule has 2 aromatic heterocycles. The summed E-state index contributed by atoms with van der Waals surface area (Å²) in [5.41, 5.74) is 1.09. The van der Waals surface area contributed by atoms with Crippen LogP contribution in [-0.2, 0) is 9.59 Å². The molecule has 4 rings (SSSR count). The summed E-state index contributed by atoms with van der Waals surface area (Å²) >= 11 is 0. The minimum Gasteiger partial charge on any atom is -0.489 e. The van der Waals surface area contributed by atoms with Crippen LogP contribution >= 0.6 is 0 Å². The van der Waals surface area contributed by atoms with Gasteiger partial charge in [-0.15, -0.1) is 0 Å². The molecule has 0 spiro atoms. The Kier molecular flexibility index (Phi) is 6.71. The van der Waals surface area contributed by atoms with E-state index in [0.29, 0.717) is 17.1 Å². The molecule has 0 bridgehead atoms. The van der Waals surface area contributed by atoms with Crippen LogP contribution in [0.15, 0.2) is 36.5 Å². The second-order valence-corrected chi connectivity index (χ2v) is 9.06. The van der Waals surface area contributed by atoms with Crippen molar-refractivity contribution in [3.8, 4) is 5.75 Å². The Labute approximate surface area is 206 Å². The van der Waals surface area contributed by atoms with E-state index < -0.39 is 23.2 Å². The smallest absolute Gasteiger partial charge is 0.252 e. The van der Waals surface area contributed by atoms with Crippen molar-refractivity contribution in [3.63, 3.8) is 0 Å². The summed E-state index contributed by atoms with van der Waals surface area (Å²) in [5.74, 6) is -0.700. The first-order chi connectivity index (χ1) is 17.0. The van der Waals surface area contributed by atoms with Gasteiger partial charge in [0.15, 0.2) is 23.2 Å². The van der Waals surface area contributed by atoms with Gasteiger partial charge < -0.3 is 31.1 Å². The van der Waals surface area contributed by atoms with Crippen LogP contribution in [0.25, 0.3) is 0 Å². The van der Waals surface area contributed by atoms with Crippen molar-refractivity contribution in [2.75, 3.05) is 27.9 Å². The van der Waals surface area contributed by atoms with Gasteiger partial charge in [0.25, 0.3) is 5.91 Å². The van der Waals surface area contributed by atoms with Crippen molar-refractivity contribution in [2.45, 2.75) is 33.8 Å². The molecule has 1 atom stereocenters. The highest BCUT2D eigenvalue weighted by molar-refractivity contribution is 5.96. The van der Waals surface area contributed by atoms with Crippen LogP contribution in [0.1, 0.15) is 26.3 Å². The molecule has 2 amide bonds. The summed E-state index contributed by atoms with van der Waals surface area (Å²) in [7, 11) is 0. The molecule has 1 aromatic carbocycles. The molecule has 1 aliphatic heterocycles. The maximum Gasteiger partial charge on any atom is 0.252 e. The molecule has 5 N–H and O–H groups in total. The molecule has 0 saturated carbocycles. The van der Waals surface area contributed by atoms with Crippen molar-refractivity contribution >= 4 is 46.6 Å². The molecular weight excluding hydrogens is 469 g/mol. The van der Waals surface area contributed by atoms with E-state index in [2.05, 4.69) is 36.2 Å². The molecule has 1 aliphatic rings. The zero-order chi connectivity index (χ0) is 26.0. The number of nitrogens with one attached hydrogen (secondary N) is 4. The topological polar surface area (TPSA) is 150 Å². The standard InChI is InChI=1S/C24H26FN7O4/c1-12-7-14(27-21(34)13(2)33)9-15(8-12)28-23-26-10-16(25)19(32-23)29-18-6-5-17-20(30-18)31-22(35)24(3,4)11-36-17/h5-10,13,33H,11H2,1-4H3,(H,27,34)(H3,26,28,29,30,31,32,35)/t13-/m0/s1. The maximum absolute atomic E-state index is 14.5. The van der Waals surface area contributed by atoms with Gasteiger partial charge >= 0.3 is 0 Å². The third-order valence-electron chi connectivity index (χ3n) is 5.26. The summed E-state index contributed by atoms with van der Waals surface area (Å²) in [6.45, 7) is 6.91. The lowest BCUT2D eigenvalue weighted by atomic mass is 9.94. The highest BCUT2D eigenvalue weighted by Gasteiger charge is 2.33. The molecule has 0 fully saturated rings. The van der Waals surface area contributed by atoms with Gasteiger partial charge in [-0.1, -0.05) is 0 Å². The predicted octanol–water partition coefficient (Wildman–Crippen LogP) is 3.48. The number of amides is 2. The van der Waals surface area contributed by atoms with Gasteiger partial charge in [0.1, 0.15) is 18.5 Å². The molecule has 11 nitrogen and oxygen atoms in total. The fraction of sp³-hybridized carbons (Fsp3) is 0.292. The highest BCUT2D eigenvalue weighted by Crippen LogP contribution is 2.32. The summed E-state index contributed by atoms with van der Waals surface area (Å²) in [6.07, 6.45) is -0.163. The van der Waals surface area contributed by atoms with Crippen LogP contribution in [-0.4, -0.2) is 44.6 Å². The number of nitrogens with zero attached hydrogens (tertiary/aromatic N) is 3. The number of halogens is 1. The first kappa shape index (κ1) is 24.8. The number of ether oxygens (including phenoxy) is 1. The number of rotatable bonds is 6. The van der Waals surface area contributed by atoms with E-state index >= 15 is 0 Å². The van der Waals surface area contributed by atoms with E-state index in [1.807, 2.05) is 6.92 Å². The Hall–Kier alpha value is -4.32. The van der Waals surface area contributed by atoms with Crippen molar-refractivity contribution in [1.82, 2.24) is 15.0 Å². The van der Waals surface area contributed by atoms with Gasteiger partial charge in [-0.25, -0.2) is 14.4 Å². The average Bonchev–Trinajstić information content (AvgIpc) is 2.91. The normalized spacial score (nSPS) is 15.0. The zero-order valence-corrected chi connectivity index (χ0v) is 20.1. The van der Waals surface area contributed by atoms with Gasteiger partial charge in [-0.2, -0.15) is 4.98 Å². The molecule has 188 valence electrons. The number of carbonyl (C=O) groups excluding carboxylic acids is 2. The monoisotopic (exact) mass is 495 g/mol. The number of aryl methyl sites for hydroxylation is 1. The number of aliphatic hydroxyl groups excluding tert-OH is 1. The summed E-state index contributed by atoms with van der Waals surface area (Å²) < 4.78 is 20.2. The van der Waals surface area contributed by atoms with Gasteiger partial charge in [-0.3, -0.25) is 9.59 Å². The Morgan fingerprint density at radius 1 is 1.19 bits per heavy atom. The number of hydrogen-bond acceptors (Lipinski definition) is 9. The van der Waals surface area contributed by atoms with Crippen LogP contribution < -0.4 is 26.0 Å². The molecular formula is C24H26FN7O4. The third-order valence-corrected chi connectivity index (χ3v) is 5.26. The molecule has 0 unspecified atom stereocenters. The van der Waals surface area contributed by atoms with Crippen molar-refractivity contribution < 1.29 is 23.8 Å². The number of carbonyl (C=O) groups is 2. The van der Waals surface area contributed by atoms with E-state index in [0.717, 1.165) is 11.8 Å². The predicted molar refractivity (Wildman–Crippen MR) is 132 cm³/mol. The van der Waals surface area contributed by atoms with E-state index in [-0.39, 0.29) is 35.9 Å². The Morgan fingerprint density at radius 2 is 1.94 bits per heavy atom. The molecule has 3 aromatic rings. The Bertz CT molecular complexity index is 1330. The Morgan fingerprint density at radius 3 is 2.69 bits per heavy atom.